The van der Waals surface area contributed by atoms with E-state index in [1.807, 2.05) is 19.1 Å². The molecule has 2 aromatic rings. The molecule has 0 saturated heterocycles. The number of alkyl halides is 3. The van der Waals surface area contributed by atoms with E-state index in [1.165, 1.54) is 13.2 Å². The van der Waals surface area contributed by atoms with Gasteiger partial charge < -0.3 is 24.6 Å². The minimum atomic E-state index is -4.64. The predicted molar refractivity (Wildman–Crippen MR) is 109 cm³/mol. The van der Waals surface area contributed by atoms with Crippen LogP contribution in [-0.2, 0) is 27.3 Å². The molecule has 0 fully saturated rings. The highest BCUT2D eigenvalue weighted by atomic mass is 19.4. The highest BCUT2D eigenvalue weighted by Crippen LogP contribution is 2.22. The fourth-order valence-corrected chi connectivity index (χ4v) is 2.75. The molecule has 0 heterocycles. The summed E-state index contributed by atoms with van der Waals surface area (Å²) in [5.41, 5.74) is 2.00. The minimum absolute atomic E-state index is 0.0499. The molecule has 0 aromatic heterocycles. The molecule has 10 heteroatoms. The summed E-state index contributed by atoms with van der Waals surface area (Å²) in [7, 11) is 1.42. The lowest BCUT2D eigenvalue weighted by Crippen LogP contribution is -2.31. The maximum atomic E-state index is 12.4. The molecular weight excluding hydrogens is 431 g/mol. The van der Waals surface area contributed by atoms with Gasteiger partial charge in [-0.1, -0.05) is 29.8 Å². The highest BCUT2D eigenvalue weighted by Gasteiger charge is 2.31. The van der Waals surface area contributed by atoms with E-state index in [-0.39, 0.29) is 19.6 Å². The first-order valence-corrected chi connectivity index (χ1v) is 9.60. The van der Waals surface area contributed by atoms with Crippen LogP contribution in [0, 0.1) is 6.92 Å². The lowest BCUT2D eigenvalue weighted by Gasteiger charge is -2.17. The number of halogens is 3. The number of aliphatic carboxylic acids is 1. The number of benzene rings is 2. The average Bonchev–Trinajstić information content (AvgIpc) is 2.74. The van der Waals surface area contributed by atoms with E-state index < -0.39 is 30.8 Å². The Kier molecular flexibility index (Phi) is 8.89. The van der Waals surface area contributed by atoms with Crippen molar-refractivity contribution in [2.75, 3.05) is 20.3 Å². The molecule has 0 aliphatic carbocycles. The summed E-state index contributed by atoms with van der Waals surface area (Å²) < 4.78 is 52.2. The summed E-state index contributed by atoms with van der Waals surface area (Å²) in [6, 6.07) is 11.8. The normalized spacial score (nSPS) is 12.2. The van der Waals surface area contributed by atoms with Crippen molar-refractivity contribution in [2.24, 2.45) is 0 Å². The third-order valence-corrected chi connectivity index (χ3v) is 4.36. The standard InChI is InChI=1S/C22H24F3NO6/c1-14-3-6-17(7-4-14)31-12-20(27)26-11-16-9-15(5-8-18(16)30-2)10-19(21(28)29)32-13-22(23,24)25/h3-9,19H,10-13H2,1-2H3,(H,26,27)(H,28,29). The summed E-state index contributed by atoms with van der Waals surface area (Å²) in [6.45, 7) is 0.106. The summed E-state index contributed by atoms with van der Waals surface area (Å²) in [5.74, 6) is -0.927. The highest BCUT2D eigenvalue weighted by molar-refractivity contribution is 5.77. The Bertz CT molecular complexity index is 915. The number of hydrogen-bond acceptors (Lipinski definition) is 5. The molecule has 2 rings (SSSR count). The Balaban J connectivity index is 1.98. The molecule has 2 aromatic carbocycles. The fourth-order valence-electron chi connectivity index (χ4n) is 2.75. The summed E-state index contributed by atoms with van der Waals surface area (Å²) in [6.07, 6.45) is -6.59. The van der Waals surface area contributed by atoms with E-state index in [9.17, 15) is 22.8 Å². The largest absolute Gasteiger partial charge is 0.496 e. The maximum Gasteiger partial charge on any atom is 0.411 e. The Hall–Kier alpha value is -3.27. The summed E-state index contributed by atoms with van der Waals surface area (Å²) >= 11 is 0. The molecule has 0 aliphatic heterocycles. The molecule has 0 aliphatic rings. The van der Waals surface area contributed by atoms with Crippen LogP contribution >= 0.6 is 0 Å². The van der Waals surface area contributed by atoms with Crippen molar-refractivity contribution >= 4 is 11.9 Å². The first kappa shape index (κ1) is 25.0. The second-order valence-corrected chi connectivity index (χ2v) is 6.98. The molecule has 1 amide bonds. The Morgan fingerprint density at radius 3 is 2.41 bits per heavy atom. The van der Waals surface area contributed by atoms with Crippen molar-refractivity contribution in [3.05, 3.63) is 59.2 Å². The molecular formula is C22H24F3NO6. The number of carboxylic acids is 1. The van der Waals surface area contributed by atoms with Gasteiger partial charge in [0, 0.05) is 18.5 Å². The van der Waals surface area contributed by atoms with Crippen LogP contribution in [-0.4, -0.2) is 49.6 Å². The van der Waals surface area contributed by atoms with Crippen LogP contribution in [0.15, 0.2) is 42.5 Å². The zero-order chi connectivity index (χ0) is 23.7. The molecule has 0 spiro atoms. The third kappa shape index (κ3) is 8.46. The summed E-state index contributed by atoms with van der Waals surface area (Å²) in [4.78, 5) is 23.4. The van der Waals surface area contributed by atoms with Crippen molar-refractivity contribution in [1.82, 2.24) is 5.32 Å². The number of hydrogen-bond donors (Lipinski definition) is 2. The monoisotopic (exact) mass is 455 g/mol. The van der Waals surface area contributed by atoms with E-state index in [4.69, 9.17) is 14.6 Å². The predicted octanol–water partition coefficient (Wildman–Crippen LogP) is 3.27. The van der Waals surface area contributed by atoms with Gasteiger partial charge in [-0.15, -0.1) is 0 Å². The zero-order valence-electron chi connectivity index (χ0n) is 17.6. The molecule has 32 heavy (non-hydrogen) atoms. The molecule has 0 radical (unpaired) electrons. The lowest BCUT2D eigenvalue weighted by molar-refractivity contribution is -0.192. The van der Waals surface area contributed by atoms with Gasteiger partial charge in [0.1, 0.15) is 18.1 Å². The first-order chi connectivity index (χ1) is 15.1. The number of aryl methyl sites for hydroxylation is 1. The van der Waals surface area contributed by atoms with E-state index in [0.29, 0.717) is 22.6 Å². The van der Waals surface area contributed by atoms with Crippen LogP contribution < -0.4 is 14.8 Å². The van der Waals surface area contributed by atoms with Crippen molar-refractivity contribution in [2.45, 2.75) is 32.2 Å². The van der Waals surface area contributed by atoms with Gasteiger partial charge >= 0.3 is 12.1 Å². The quantitative estimate of drug-likeness (QED) is 0.540. The second-order valence-electron chi connectivity index (χ2n) is 6.98. The molecule has 0 bridgehead atoms. The molecule has 1 atom stereocenters. The first-order valence-electron chi connectivity index (χ1n) is 9.60. The van der Waals surface area contributed by atoms with Crippen molar-refractivity contribution < 1.29 is 42.1 Å². The number of methoxy groups -OCH3 is 1. The van der Waals surface area contributed by atoms with Crippen LogP contribution in [0.3, 0.4) is 0 Å². The number of amides is 1. The maximum absolute atomic E-state index is 12.4. The number of nitrogens with one attached hydrogen (secondary N) is 1. The third-order valence-electron chi connectivity index (χ3n) is 4.36. The molecule has 174 valence electrons. The van der Waals surface area contributed by atoms with E-state index in [0.717, 1.165) is 5.56 Å². The van der Waals surface area contributed by atoms with Gasteiger partial charge in [-0.05, 0) is 30.7 Å². The summed E-state index contributed by atoms with van der Waals surface area (Å²) in [5, 5.41) is 11.8. The molecule has 0 saturated carbocycles. The number of carbonyl (C=O) groups is 2. The van der Waals surface area contributed by atoms with E-state index in [1.54, 1.807) is 24.3 Å². The van der Waals surface area contributed by atoms with Crippen LogP contribution in [0.2, 0.25) is 0 Å². The van der Waals surface area contributed by atoms with Gasteiger partial charge in [0.25, 0.3) is 5.91 Å². The fraction of sp³-hybridized carbons (Fsp3) is 0.364. The van der Waals surface area contributed by atoms with Gasteiger partial charge in [0.2, 0.25) is 0 Å². The van der Waals surface area contributed by atoms with Crippen molar-refractivity contribution in [3.8, 4) is 11.5 Å². The van der Waals surface area contributed by atoms with Gasteiger partial charge in [-0.25, -0.2) is 4.79 Å². The van der Waals surface area contributed by atoms with Crippen molar-refractivity contribution in [3.63, 3.8) is 0 Å². The van der Waals surface area contributed by atoms with E-state index in [2.05, 4.69) is 10.1 Å². The van der Waals surface area contributed by atoms with Crippen LogP contribution in [0.4, 0.5) is 13.2 Å². The van der Waals surface area contributed by atoms with Crippen molar-refractivity contribution in [1.29, 1.82) is 0 Å². The Morgan fingerprint density at radius 2 is 1.81 bits per heavy atom. The van der Waals surface area contributed by atoms with Gasteiger partial charge in [-0.3, -0.25) is 4.79 Å². The van der Waals surface area contributed by atoms with Gasteiger partial charge in [0.05, 0.1) is 7.11 Å². The number of carbonyl (C=O) groups excluding carboxylic acids is 1. The van der Waals surface area contributed by atoms with Crippen LogP contribution in [0.5, 0.6) is 11.5 Å². The molecule has 7 nitrogen and oxygen atoms in total. The van der Waals surface area contributed by atoms with E-state index >= 15 is 0 Å². The second kappa shape index (κ2) is 11.4. The van der Waals surface area contributed by atoms with Crippen LogP contribution in [0.25, 0.3) is 0 Å². The minimum Gasteiger partial charge on any atom is -0.496 e. The Morgan fingerprint density at radius 1 is 1.12 bits per heavy atom. The number of ether oxygens (including phenoxy) is 3. The Labute approximate surface area is 183 Å². The number of carboxylic acid groups (broad SMARTS) is 1. The smallest absolute Gasteiger partial charge is 0.411 e. The van der Waals surface area contributed by atoms with Gasteiger partial charge in [-0.2, -0.15) is 13.2 Å². The molecule has 1 unspecified atom stereocenters. The average molecular weight is 455 g/mol. The SMILES string of the molecule is COc1ccc(CC(OCC(F)(F)F)C(=O)O)cc1CNC(=O)COc1ccc(C)cc1. The van der Waals surface area contributed by atoms with Gasteiger partial charge in [0.15, 0.2) is 12.7 Å². The zero-order valence-corrected chi connectivity index (χ0v) is 17.6. The topological polar surface area (TPSA) is 94.1 Å². The number of rotatable bonds is 11. The van der Waals surface area contributed by atoms with Crippen LogP contribution in [0.1, 0.15) is 16.7 Å². The lowest BCUT2D eigenvalue weighted by atomic mass is 10.0. The molecule has 2 N–H and O–H groups in total.